The van der Waals surface area contributed by atoms with Crippen LogP contribution in [-0.2, 0) is 28.4 Å². The van der Waals surface area contributed by atoms with Gasteiger partial charge >= 0.3 is 19.1 Å². The molecule has 0 radical (unpaired) electrons. The Hall–Kier alpha value is -2.34. The van der Waals surface area contributed by atoms with Crippen molar-refractivity contribution in [1.82, 2.24) is 10.6 Å². The van der Waals surface area contributed by atoms with Gasteiger partial charge in [-0.2, -0.15) is 0 Å². The number of benzene rings is 1. The Morgan fingerprint density at radius 2 is 1.97 bits per heavy atom. The number of amides is 2. The topological polar surface area (TPSA) is 146 Å². The molecule has 2 amide bonds. The molecule has 1 fully saturated rings. The minimum absolute atomic E-state index is 0.0933. The van der Waals surface area contributed by atoms with Crippen molar-refractivity contribution in [2.24, 2.45) is 11.7 Å². The van der Waals surface area contributed by atoms with Crippen LogP contribution in [-0.4, -0.2) is 62.6 Å². The Morgan fingerprint density at radius 3 is 2.59 bits per heavy atom. The summed E-state index contributed by atoms with van der Waals surface area (Å²) in [5.74, 6) is -3.45. The molecule has 0 spiro atoms. The van der Waals surface area contributed by atoms with Crippen molar-refractivity contribution in [3.05, 3.63) is 33.8 Å². The lowest BCUT2D eigenvalue weighted by atomic mass is 9.74. The first-order chi connectivity index (χ1) is 15.0. The van der Waals surface area contributed by atoms with Gasteiger partial charge in [-0.05, 0) is 30.5 Å². The van der Waals surface area contributed by atoms with Crippen LogP contribution in [0.4, 0.5) is 0 Å². The normalized spacial score (nSPS) is 17.5. The number of methoxy groups -OCH3 is 1. The van der Waals surface area contributed by atoms with Crippen molar-refractivity contribution in [3.8, 4) is 0 Å². The summed E-state index contributed by atoms with van der Waals surface area (Å²) in [6.07, 6.45) is -0.971. The molecule has 32 heavy (non-hydrogen) atoms. The second-order valence-corrected chi connectivity index (χ2v) is 8.36. The SMILES string of the molecule is COC(=O)[C@H](N)[C@H]1OB([C@H](CC(C)C)NC(=O)CNC(=O)c2cc(Cl)ccc2Cl)OC1=O. The molecule has 1 saturated heterocycles. The molecule has 1 aliphatic rings. The third-order valence-electron chi connectivity index (χ3n) is 4.53. The number of nitrogens with one attached hydrogen (secondary N) is 2. The Morgan fingerprint density at radius 1 is 1.28 bits per heavy atom. The molecule has 3 atom stereocenters. The number of nitrogens with two attached hydrogens (primary N) is 1. The fraction of sp³-hybridized carbons (Fsp3) is 0.474. The van der Waals surface area contributed by atoms with E-state index in [0.29, 0.717) is 11.4 Å². The molecule has 174 valence electrons. The first-order valence-corrected chi connectivity index (χ1v) is 10.5. The first kappa shape index (κ1) is 25.9. The zero-order valence-corrected chi connectivity index (χ0v) is 19.2. The number of hydrogen-bond acceptors (Lipinski definition) is 8. The minimum Gasteiger partial charge on any atom is -0.506 e. The third-order valence-corrected chi connectivity index (χ3v) is 5.09. The Kier molecular flexibility index (Phi) is 9.32. The van der Waals surface area contributed by atoms with Crippen LogP contribution >= 0.6 is 23.2 Å². The second-order valence-electron chi connectivity index (χ2n) is 7.52. The highest BCUT2D eigenvalue weighted by atomic mass is 35.5. The number of halogens is 2. The van der Waals surface area contributed by atoms with Crippen molar-refractivity contribution in [2.45, 2.75) is 38.4 Å². The number of hydrogen-bond donors (Lipinski definition) is 3. The van der Waals surface area contributed by atoms with Gasteiger partial charge in [0.05, 0.1) is 30.2 Å². The quantitative estimate of drug-likeness (QED) is 0.341. The summed E-state index contributed by atoms with van der Waals surface area (Å²) < 4.78 is 15.2. The molecule has 1 aliphatic heterocycles. The third kappa shape index (κ3) is 6.83. The number of ether oxygens (including phenoxy) is 1. The molecular formula is C19H24BCl2N3O7. The van der Waals surface area contributed by atoms with Crippen molar-refractivity contribution in [2.75, 3.05) is 13.7 Å². The van der Waals surface area contributed by atoms with Gasteiger partial charge in [-0.1, -0.05) is 37.0 Å². The Balaban J connectivity index is 2.00. The van der Waals surface area contributed by atoms with Crippen LogP contribution in [0, 0.1) is 5.92 Å². The van der Waals surface area contributed by atoms with E-state index < -0.39 is 49.0 Å². The maximum atomic E-state index is 12.5. The minimum atomic E-state index is -1.37. The first-order valence-electron chi connectivity index (χ1n) is 9.75. The van der Waals surface area contributed by atoms with Gasteiger partial charge in [0.25, 0.3) is 5.91 Å². The van der Waals surface area contributed by atoms with E-state index in [1.54, 1.807) is 0 Å². The van der Waals surface area contributed by atoms with E-state index >= 15 is 0 Å². The van der Waals surface area contributed by atoms with Gasteiger partial charge in [0.15, 0.2) is 6.10 Å². The molecule has 0 saturated carbocycles. The van der Waals surface area contributed by atoms with E-state index in [2.05, 4.69) is 15.4 Å². The fourth-order valence-corrected chi connectivity index (χ4v) is 3.38. The highest BCUT2D eigenvalue weighted by Crippen LogP contribution is 2.21. The van der Waals surface area contributed by atoms with Crippen LogP contribution in [0.1, 0.15) is 30.6 Å². The molecule has 1 aromatic rings. The summed E-state index contributed by atoms with van der Waals surface area (Å²) in [7, 11) is -0.0280. The molecule has 4 N–H and O–H groups in total. The van der Waals surface area contributed by atoms with Gasteiger partial charge < -0.3 is 30.4 Å². The Labute approximate surface area is 195 Å². The highest BCUT2D eigenvalue weighted by molar-refractivity contribution is 6.51. The number of carbonyl (C=O) groups is 4. The lowest BCUT2D eigenvalue weighted by molar-refractivity contribution is -0.149. The van der Waals surface area contributed by atoms with Crippen molar-refractivity contribution in [3.63, 3.8) is 0 Å². The predicted molar refractivity (Wildman–Crippen MR) is 117 cm³/mol. The van der Waals surface area contributed by atoms with Crippen LogP contribution in [0.15, 0.2) is 18.2 Å². The smallest absolute Gasteiger partial charge is 0.506 e. The van der Waals surface area contributed by atoms with Gasteiger partial charge in [-0.25, -0.2) is 0 Å². The lowest BCUT2D eigenvalue weighted by Crippen LogP contribution is -2.51. The second kappa shape index (κ2) is 11.5. The molecule has 0 aromatic heterocycles. The van der Waals surface area contributed by atoms with E-state index in [-0.39, 0.29) is 23.0 Å². The maximum absolute atomic E-state index is 12.5. The van der Waals surface area contributed by atoms with Crippen LogP contribution in [0.25, 0.3) is 0 Å². The average Bonchev–Trinajstić information content (AvgIpc) is 3.13. The Bertz CT molecular complexity index is 886. The standard InChI is InChI=1S/C19H24BCl2N3O7/c1-9(2)6-13(20-31-16(19(29)32-20)15(23)18(28)30-3)25-14(26)8-24-17(27)11-7-10(21)4-5-12(11)22/h4-5,7,9,13,15-16H,6,8,23H2,1-3H3,(H,24,27)(H,25,26)/t13-,15+,16+/m0/s1. The highest BCUT2D eigenvalue weighted by Gasteiger charge is 2.50. The summed E-state index contributed by atoms with van der Waals surface area (Å²) in [6.45, 7) is 3.43. The van der Waals surface area contributed by atoms with Gasteiger partial charge in [0.1, 0.15) is 6.04 Å². The number of carbonyl (C=O) groups excluding carboxylic acids is 4. The lowest BCUT2D eigenvalue weighted by Gasteiger charge is -2.22. The summed E-state index contributed by atoms with van der Waals surface area (Å²) in [4.78, 5) is 48.5. The van der Waals surface area contributed by atoms with Crippen molar-refractivity contribution < 1.29 is 33.2 Å². The van der Waals surface area contributed by atoms with E-state index in [4.69, 9.17) is 38.2 Å². The maximum Gasteiger partial charge on any atom is 0.552 e. The van der Waals surface area contributed by atoms with E-state index in [9.17, 15) is 19.2 Å². The summed E-state index contributed by atoms with van der Waals surface area (Å²) in [6, 6.07) is 3.02. The monoisotopic (exact) mass is 487 g/mol. The fourth-order valence-electron chi connectivity index (χ4n) is 3.01. The molecule has 0 bridgehead atoms. The number of esters is 1. The van der Waals surface area contributed by atoms with Crippen LogP contribution in [0.3, 0.4) is 0 Å². The summed E-state index contributed by atoms with van der Waals surface area (Å²) in [5, 5.41) is 5.63. The van der Waals surface area contributed by atoms with Gasteiger partial charge in [0, 0.05) is 5.02 Å². The van der Waals surface area contributed by atoms with Crippen molar-refractivity contribution >= 4 is 54.1 Å². The van der Waals surface area contributed by atoms with Gasteiger partial charge in [0.2, 0.25) is 5.91 Å². The predicted octanol–water partition coefficient (Wildman–Crippen LogP) is 0.724. The molecule has 10 nitrogen and oxygen atoms in total. The molecular weight excluding hydrogens is 464 g/mol. The van der Waals surface area contributed by atoms with Crippen LogP contribution < -0.4 is 16.4 Å². The largest absolute Gasteiger partial charge is 0.552 e. The summed E-state index contributed by atoms with van der Waals surface area (Å²) >= 11 is 11.9. The number of rotatable bonds is 9. The molecule has 0 unspecified atom stereocenters. The average molecular weight is 488 g/mol. The van der Waals surface area contributed by atoms with E-state index in [1.807, 2.05) is 13.8 Å². The van der Waals surface area contributed by atoms with Crippen LogP contribution in [0.2, 0.25) is 10.0 Å². The van der Waals surface area contributed by atoms with Gasteiger partial charge in [-0.3, -0.25) is 19.2 Å². The molecule has 2 rings (SSSR count). The van der Waals surface area contributed by atoms with Crippen LogP contribution in [0.5, 0.6) is 0 Å². The zero-order valence-electron chi connectivity index (χ0n) is 17.7. The van der Waals surface area contributed by atoms with Gasteiger partial charge in [-0.15, -0.1) is 0 Å². The van der Waals surface area contributed by atoms with E-state index in [0.717, 1.165) is 7.11 Å². The molecule has 0 aliphatic carbocycles. The molecule has 1 heterocycles. The molecule has 13 heteroatoms. The summed E-state index contributed by atoms with van der Waals surface area (Å²) in [5.41, 5.74) is 5.82. The molecule has 1 aromatic carbocycles. The van der Waals surface area contributed by atoms with Crippen molar-refractivity contribution in [1.29, 1.82) is 0 Å². The zero-order chi connectivity index (χ0) is 24.0. The van der Waals surface area contributed by atoms with E-state index in [1.165, 1.54) is 18.2 Å².